The van der Waals surface area contributed by atoms with E-state index in [1.165, 1.54) is 31.7 Å². The van der Waals surface area contributed by atoms with Crippen LogP contribution in [0, 0.1) is 17.8 Å². The van der Waals surface area contributed by atoms with Crippen molar-refractivity contribution in [1.82, 2.24) is 10.2 Å². The molecule has 1 aliphatic carbocycles. The van der Waals surface area contributed by atoms with Crippen LogP contribution in [-0.4, -0.2) is 50.1 Å². The second-order valence-electron chi connectivity index (χ2n) is 5.87. The molecule has 4 atom stereocenters. The molecule has 1 saturated carbocycles. The van der Waals surface area contributed by atoms with E-state index >= 15 is 0 Å². The van der Waals surface area contributed by atoms with Crippen LogP contribution in [0.25, 0.3) is 0 Å². The van der Waals surface area contributed by atoms with Crippen molar-refractivity contribution in [3.8, 4) is 0 Å². The van der Waals surface area contributed by atoms with Crippen LogP contribution < -0.4 is 5.32 Å². The van der Waals surface area contributed by atoms with E-state index in [2.05, 4.69) is 44.4 Å². The summed E-state index contributed by atoms with van der Waals surface area (Å²) in [7, 11) is 4.40. The highest BCUT2D eigenvalue weighted by Crippen LogP contribution is 2.34. The van der Waals surface area contributed by atoms with Gasteiger partial charge in [-0.15, -0.1) is 0 Å². The lowest BCUT2D eigenvalue weighted by molar-refractivity contribution is 0.118. The number of thioether (sulfide) groups is 1. The zero-order valence-electron chi connectivity index (χ0n) is 12.2. The first-order valence-electron chi connectivity index (χ1n) is 6.93. The van der Waals surface area contributed by atoms with Gasteiger partial charge in [0.15, 0.2) is 0 Å². The highest BCUT2D eigenvalue weighted by atomic mass is 32.2. The Morgan fingerprint density at radius 2 is 2.00 bits per heavy atom. The SMILES string of the molecule is CNC1CC(C)CC(C)C1CN(C)CCSC. The van der Waals surface area contributed by atoms with Crippen molar-refractivity contribution >= 4 is 11.8 Å². The topological polar surface area (TPSA) is 15.3 Å². The molecule has 102 valence electrons. The third-order valence-electron chi connectivity index (χ3n) is 4.25. The predicted molar refractivity (Wildman–Crippen MR) is 79.8 cm³/mol. The predicted octanol–water partition coefficient (Wildman–Crippen LogP) is 2.55. The molecule has 0 spiro atoms. The summed E-state index contributed by atoms with van der Waals surface area (Å²) in [5, 5.41) is 3.54. The first-order chi connectivity index (χ1) is 8.08. The Morgan fingerprint density at radius 1 is 1.29 bits per heavy atom. The molecular formula is C14H30N2S. The van der Waals surface area contributed by atoms with E-state index in [1.54, 1.807) is 0 Å². The molecule has 0 aliphatic heterocycles. The van der Waals surface area contributed by atoms with Crippen LogP contribution in [0.15, 0.2) is 0 Å². The smallest absolute Gasteiger partial charge is 0.0110 e. The van der Waals surface area contributed by atoms with Crippen LogP contribution in [0.1, 0.15) is 26.7 Å². The van der Waals surface area contributed by atoms with E-state index in [9.17, 15) is 0 Å². The molecule has 1 rings (SSSR count). The Labute approximate surface area is 112 Å². The Bertz CT molecular complexity index is 210. The number of nitrogens with zero attached hydrogens (tertiary/aromatic N) is 1. The molecule has 4 unspecified atom stereocenters. The van der Waals surface area contributed by atoms with Gasteiger partial charge in [-0.25, -0.2) is 0 Å². The summed E-state index contributed by atoms with van der Waals surface area (Å²) >= 11 is 1.94. The van der Waals surface area contributed by atoms with Crippen LogP contribution >= 0.6 is 11.8 Å². The van der Waals surface area contributed by atoms with Crippen molar-refractivity contribution in [2.75, 3.05) is 39.2 Å². The summed E-state index contributed by atoms with van der Waals surface area (Å²) in [5.41, 5.74) is 0. The van der Waals surface area contributed by atoms with Crippen molar-refractivity contribution < 1.29 is 0 Å². The summed E-state index contributed by atoms with van der Waals surface area (Å²) < 4.78 is 0. The molecule has 0 heterocycles. The summed E-state index contributed by atoms with van der Waals surface area (Å²) in [6.07, 6.45) is 4.94. The first-order valence-corrected chi connectivity index (χ1v) is 8.32. The van der Waals surface area contributed by atoms with Crippen LogP contribution in [0.4, 0.5) is 0 Å². The lowest BCUT2D eigenvalue weighted by atomic mass is 9.72. The quantitative estimate of drug-likeness (QED) is 0.788. The lowest BCUT2D eigenvalue weighted by Crippen LogP contribution is -2.47. The number of hydrogen-bond donors (Lipinski definition) is 1. The third kappa shape index (κ3) is 4.80. The molecule has 0 bridgehead atoms. The van der Waals surface area contributed by atoms with E-state index in [4.69, 9.17) is 0 Å². The maximum Gasteiger partial charge on any atom is 0.0110 e. The summed E-state index contributed by atoms with van der Waals surface area (Å²) in [6.45, 7) is 7.30. The molecule has 0 aromatic rings. The van der Waals surface area contributed by atoms with Gasteiger partial charge in [-0.3, -0.25) is 0 Å². The van der Waals surface area contributed by atoms with Crippen LogP contribution in [0.2, 0.25) is 0 Å². The van der Waals surface area contributed by atoms with Gasteiger partial charge in [0.05, 0.1) is 0 Å². The highest BCUT2D eigenvalue weighted by molar-refractivity contribution is 7.98. The molecule has 0 aromatic heterocycles. The molecular weight excluding hydrogens is 228 g/mol. The fourth-order valence-electron chi connectivity index (χ4n) is 3.25. The number of hydrogen-bond acceptors (Lipinski definition) is 3. The van der Waals surface area contributed by atoms with Gasteiger partial charge in [0.25, 0.3) is 0 Å². The zero-order valence-corrected chi connectivity index (χ0v) is 13.0. The van der Waals surface area contributed by atoms with Gasteiger partial charge in [0, 0.05) is 24.9 Å². The molecule has 0 amide bonds. The molecule has 0 radical (unpaired) electrons. The summed E-state index contributed by atoms with van der Waals surface area (Å²) in [5.74, 6) is 3.81. The molecule has 0 aromatic carbocycles. The van der Waals surface area contributed by atoms with E-state index in [0.29, 0.717) is 6.04 Å². The number of nitrogens with one attached hydrogen (secondary N) is 1. The van der Waals surface area contributed by atoms with Crippen molar-refractivity contribution in [1.29, 1.82) is 0 Å². The van der Waals surface area contributed by atoms with Crippen LogP contribution in [-0.2, 0) is 0 Å². The minimum Gasteiger partial charge on any atom is -0.317 e. The van der Waals surface area contributed by atoms with Crippen LogP contribution in [0.3, 0.4) is 0 Å². The average molecular weight is 258 g/mol. The van der Waals surface area contributed by atoms with Gasteiger partial charge in [-0.2, -0.15) is 11.8 Å². The largest absolute Gasteiger partial charge is 0.317 e. The zero-order chi connectivity index (χ0) is 12.8. The molecule has 1 N–H and O–H groups in total. The van der Waals surface area contributed by atoms with Crippen molar-refractivity contribution in [2.45, 2.75) is 32.7 Å². The molecule has 1 aliphatic rings. The van der Waals surface area contributed by atoms with Gasteiger partial charge in [-0.1, -0.05) is 13.8 Å². The molecule has 3 heteroatoms. The molecule has 17 heavy (non-hydrogen) atoms. The Balaban J connectivity index is 2.47. The Morgan fingerprint density at radius 3 is 2.59 bits per heavy atom. The van der Waals surface area contributed by atoms with Crippen molar-refractivity contribution in [2.24, 2.45) is 17.8 Å². The normalized spacial score (nSPS) is 34.2. The van der Waals surface area contributed by atoms with Gasteiger partial charge in [-0.05, 0) is 50.9 Å². The van der Waals surface area contributed by atoms with Gasteiger partial charge < -0.3 is 10.2 Å². The van der Waals surface area contributed by atoms with Gasteiger partial charge in [0.1, 0.15) is 0 Å². The maximum absolute atomic E-state index is 3.54. The monoisotopic (exact) mass is 258 g/mol. The molecule has 1 fully saturated rings. The van der Waals surface area contributed by atoms with Crippen LogP contribution in [0.5, 0.6) is 0 Å². The third-order valence-corrected chi connectivity index (χ3v) is 4.84. The second-order valence-corrected chi connectivity index (χ2v) is 6.85. The Hall–Kier alpha value is 0.270. The highest BCUT2D eigenvalue weighted by Gasteiger charge is 2.33. The van der Waals surface area contributed by atoms with Crippen molar-refractivity contribution in [3.63, 3.8) is 0 Å². The summed E-state index contributed by atoms with van der Waals surface area (Å²) in [4.78, 5) is 2.51. The van der Waals surface area contributed by atoms with E-state index in [1.807, 2.05) is 11.8 Å². The van der Waals surface area contributed by atoms with Gasteiger partial charge in [0.2, 0.25) is 0 Å². The van der Waals surface area contributed by atoms with Crippen molar-refractivity contribution in [3.05, 3.63) is 0 Å². The minimum atomic E-state index is 0.713. The Kier molecular flexibility index (Phi) is 6.90. The second kappa shape index (κ2) is 7.65. The van der Waals surface area contributed by atoms with E-state index < -0.39 is 0 Å². The summed E-state index contributed by atoms with van der Waals surface area (Å²) in [6, 6.07) is 0.713. The first kappa shape index (κ1) is 15.3. The fraction of sp³-hybridized carbons (Fsp3) is 1.00. The maximum atomic E-state index is 3.54. The van der Waals surface area contributed by atoms with E-state index in [-0.39, 0.29) is 0 Å². The van der Waals surface area contributed by atoms with E-state index in [0.717, 1.165) is 17.8 Å². The standard InChI is InChI=1S/C14H30N2S/c1-11-8-12(2)13(14(9-11)15-3)10-16(4)6-7-17-5/h11-15H,6-10H2,1-5H3. The lowest BCUT2D eigenvalue weighted by Gasteiger charge is -2.41. The molecule has 2 nitrogen and oxygen atoms in total. The van der Waals surface area contributed by atoms with Gasteiger partial charge >= 0.3 is 0 Å². The average Bonchev–Trinajstić information content (AvgIpc) is 2.29. The fourth-order valence-corrected chi connectivity index (χ4v) is 3.74. The minimum absolute atomic E-state index is 0.713. The molecule has 0 saturated heterocycles. The number of rotatable bonds is 6.